The molecule has 45 heavy (non-hydrogen) atoms. The summed E-state index contributed by atoms with van der Waals surface area (Å²) in [4.78, 5) is 21.2. The number of carbonyl (C=O) groups excluding carboxylic acids is 1. The highest BCUT2D eigenvalue weighted by Crippen LogP contribution is 2.58. The number of hydrogen-bond donors (Lipinski definition) is 1. The lowest BCUT2D eigenvalue weighted by Gasteiger charge is -2.53. The Balaban J connectivity index is 1.28. The summed E-state index contributed by atoms with van der Waals surface area (Å²) >= 11 is 0. The van der Waals surface area contributed by atoms with E-state index < -0.39 is 5.60 Å². The van der Waals surface area contributed by atoms with Gasteiger partial charge in [0.2, 0.25) is 11.8 Å². The molecule has 8 heteroatoms. The fourth-order valence-corrected chi connectivity index (χ4v) is 7.70. The molecule has 0 unspecified atom stereocenters. The van der Waals surface area contributed by atoms with E-state index in [0.29, 0.717) is 44.4 Å². The van der Waals surface area contributed by atoms with E-state index in [0.717, 1.165) is 67.2 Å². The maximum atomic E-state index is 15.3. The van der Waals surface area contributed by atoms with Crippen molar-refractivity contribution in [2.75, 3.05) is 18.1 Å². The van der Waals surface area contributed by atoms with Crippen LogP contribution in [0.5, 0.6) is 5.75 Å². The van der Waals surface area contributed by atoms with E-state index >= 15 is 4.39 Å². The first kappa shape index (κ1) is 31.7. The number of aromatic nitrogens is 2. The molecule has 0 radical (unpaired) electrons. The minimum absolute atomic E-state index is 0.0296. The zero-order valence-corrected chi connectivity index (χ0v) is 27.5. The van der Waals surface area contributed by atoms with Crippen LogP contribution in [-0.4, -0.2) is 39.9 Å². The van der Waals surface area contributed by atoms with Crippen LogP contribution in [0.1, 0.15) is 111 Å². The molecule has 2 aromatic carbocycles. The van der Waals surface area contributed by atoms with Gasteiger partial charge in [-0.2, -0.15) is 4.98 Å². The monoisotopic (exact) mass is 617 g/mol. The van der Waals surface area contributed by atoms with Crippen molar-refractivity contribution in [2.24, 2.45) is 11.3 Å². The van der Waals surface area contributed by atoms with E-state index in [2.05, 4.69) is 25.9 Å². The van der Waals surface area contributed by atoms with Crippen LogP contribution >= 0.6 is 0 Å². The molecular weight excluding hydrogens is 569 g/mol. The number of nitrogens with zero attached hydrogens (tertiary/aromatic N) is 3. The van der Waals surface area contributed by atoms with Crippen molar-refractivity contribution < 1.29 is 23.6 Å². The van der Waals surface area contributed by atoms with Gasteiger partial charge < -0.3 is 19.3 Å². The van der Waals surface area contributed by atoms with Crippen molar-refractivity contribution in [3.8, 4) is 16.9 Å². The number of rotatable bonds is 8. The Labute approximate surface area is 266 Å². The molecule has 1 N–H and O–H groups in total. The van der Waals surface area contributed by atoms with Gasteiger partial charge in [-0.15, -0.1) is 0 Å². The Kier molecular flexibility index (Phi) is 8.34. The molecule has 4 aliphatic rings. The van der Waals surface area contributed by atoms with Gasteiger partial charge in [-0.05, 0) is 119 Å². The predicted molar refractivity (Wildman–Crippen MR) is 173 cm³/mol. The van der Waals surface area contributed by atoms with E-state index in [4.69, 9.17) is 14.2 Å². The Morgan fingerprint density at radius 3 is 2.24 bits per heavy atom. The van der Waals surface area contributed by atoms with Gasteiger partial charge in [0.05, 0.1) is 12.2 Å². The van der Waals surface area contributed by atoms with Crippen LogP contribution in [0.25, 0.3) is 11.1 Å². The standard InChI is InChI=1S/C37H48FN3O4/c1-6-44-28-10-7-25(8-11-28)29-23-27(9-12-30(29)38)41(31(42)26-13-15-35(5,43)16-14-26)24-36-17-20-37(21-18-36,22-19-36)33-39-32(40-45-33)34(2,3)4/h7-12,23,26,43H,6,13-22,24H2,1-5H3. The lowest BCUT2D eigenvalue weighted by molar-refractivity contribution is -0.125. The summed E-state index contributed by atoms with van der Waals surface area (Å²) in [5.41, 5.74) is 0.913. The number of ether oxygens (including phenoxy) is 1. The summed E-state index contributed by atoms with van der Waals surface area (Å²) in [5.74, 6) is 1.84. The summed E-state index contributed by atoms with van der Waals surface area (Å²) in [6.45, 7) is 11.2. The molecule has 1 aromatic heterocycles. The number of aliphatic hydroxyl groups is 1. The van der Waals surface area contributed by atoms with Crippen LogP contribution in [0, 0.1) is 17.2 Å². The van der Waals surface area contributed by atoms with Gasteiger partial charge in [-0.1, -0.05) is 38.1 Å². The van der Waals surface area contributed by atoms with Crippen LogP contribution < -0.4 is 9.64 Å². The number of amides is 1. The molecule has 1 heterocycles. The molecule has 0 atom stereocenters. The molecule has 7 rings (SSSR count). The molecular formula is C37H48FN3O4. The second-order valence-electron chi connectivity index (χ2n) is 15.3. The molecule has 0 aliphatic heterocycles. The average molecular weight is 618 g/mol. The third-order valence-electron chi connectivity index (χ3n) is 10.9. The molecule has 1 amide bonds. The highest BCUT2D eigenvalue weighted by Gasteiger charge is 2.53. The van der Waals surface area contributed by atoms with Crippen molar-refractivity contribution in [1.82, 2.24) is 10.1 Å². The Morgan fingerprint density at radius 2 is 1.67 bits per heavy atom. The van der Waals surface area contributed by atoms with Crippen LogP contribution in [0.3, 0.4) is 0 Å². The van der Waals surface area contributed by atoms with E-state index in [1.807, 2.05) is 49.1 Å². The van der Waals surface area contributed by atoms with Gasteiger partial charge in [-0.25, -0.2) is 4.39 Å². The van der Waals surface area contributed by atoms with Crippen molar-refractivity contribution in [2.45, 2.75) is 115 Å². The minimum Gasteiger partial charge on any atom is -0.494 e. The number of fused-ring (bicyclic) bond motifs is 3. The van der Waals surface area contributed by atoms with Gasteiger partial charge in [0.1, 0.15) is 11.6 Å². The van der Waals surface area contributed by atoms with Gasteiger partial charge in [-0.3, -0.25) is 4.79 Å². The largest absolute Gasteiger partial charge is 0.494 e. The number of benzene rings is 2. The molecule has 2 bridgehead atoms. The summed E-state index contributed by atoms with van der Waals surface area (Å²) in [6.07, 6.45) is 8.27. The third kappa shape index (κ3) is 6.40. The molecule has 4 aliphatic carbocycles. The van der Waals surface area contributed by atoms with Gasteiger partial charge in [0.15, 0.2) is 5.82 Å². The smallest absolute Gasteiger partial charge is 0.232 e. The minimum atomic E-state index is -0.728. The zero-order chi connectivity index (χ0) is 32.0. The van der Waals surface area contributed by atoms with Crippen molar-refractivity contribution in [3.05, 3.63) is 60.0 Å². The molecule has 7 nitrogen and oxygen atoms in total. The third-order valence-corrected chi connectivity index (χ3v) is 10.9. The Bertz CT molecular complexity index is 1490. The second-order valence-corrected chi connectivity index (χ2v) is 15.3. The first-order valence-corrected chi connectivity index (χ1v) is 16.7. The average Bonchev–Trinajstić information content (AvgIpc) is 3.54. The normalized spacial score (nSPS) is 28.2. The van der Waals surface area contributed by atoms with Gasteiger partial charge >= 0.3 is 0 Å². The molecule has 4 fully saturated rings. The quantitative estimate of drug-likeness (QED) is 0.275. The summed E-state index contributed by atoms with van der Waals surface area (Å²) in [6, 6.07) is 12.5. The number of carbonyl (C=O) groups is 1. The number of anilines is 1. The number of hydrogen-bond acceptors (Lipinski definition) is 6. The predicted octanol–water partition coefficient (Wildman–Crippen LogP) is 8.14. The fraction of sp³-hybridized carbons (Fsp3) is 0.595. The molecule has 4 saturated carbocycles. The fourth-order valence-electron chi connectivity index (χ4n) is 7.70. The maximum absolute atomic E-state index is 15.3. The molecule has 0 spiro atoms. The zero-order valence-electron chi connectivity index (χ0n) is 27.5. The SMILES string of the molecule is CCOc1ccc(-c2cc(N(CC34CCC(c5nc(C(C)(C)C)no5)(CC3)CC4)C(=O)C3CCC(C)(O)CC3)ccc2F)cc1. The molecule has 242 valence electrons. The van der Waals surface area contributed by atoms with Crippen LogP contribution in [0.4, 0.5) is 10.1 Å². The highest BCUT2D eigenvalue weighted by molar-refractivity contribution is 5.96. The lowest BCUT2D eigenvalue weighted by Crippen LogP contribution is -2.52. The van der Waals surface area contributed by atoms with Crippen molar-refractivity contribution in [3.63, 3.8) is 0 Å². The maximum Gasteiger partial charge on any atom is 0.232 e. The lowest BCUT2D eigenvalue weighted by atomic mass is 9.53. The van der Waals surface area contributed by atoms with Crippen LogP contribution in [-0.2, 0) is 15.6 Å². The number of halogens is 1. The summed E-state index contributed by atoms with van der Waals surface area (Å²) < 4.78 is 26.8. The van der Waals surface area contributed by atoms with E-state index in [1.165, 1.54) is 6.07 Å². The van der Waals surface area contributed by atoms with E-state index in [-0.39, 0.29) is 33.9 Å². The van der Waals surface area contributed by atoms with Crippen LogP contribution in [0.2, 0.25) is 0 Å². The summed E-state index contributed by atoms with van der Waals surface area (Å²) in [7, 11) is 0. The Hall–Kier alpha value is -3.26. The molecule has 0 saturated heterocycles. The van der Waals surface area contributed by atoms with Crippen molar-refractivity contribution >= 4 is 11.6 Å². The van der Waals surface area contributed by atoms with Gasteiger partial charge in [0, 0.05) is 34.5 Å². The summed E-state index contributed by atoms with van der Waals surface area (Å²) in [5, 5.41) is 14.9. The molecule has 3 aromatic rings. The first-order valence-electron chi connectivity index (χ1n) is 16.7. The topological polar surface area (TPSA) is 88.7 Å². The highest BCUT2D eigenvalue weighted by atomic mass is 19.1. The Morgan fingerprint density at radius 1 is 1.02 bits per heavy atom. The van der Waals surface area contributed by atoms with Crippen LogP contribution in [0.15, 0.2) is 47.0 Å². The first-order chi connectivity index (χ1) is 21.3. The van der Waals surface area contributed by atoms with Gasteiger partial charge in [0.25, 0.3) is 0 Å². The van der Waals surface area contributed by atoms with E-state index in [1.54, 1.807) is 6.07 Å². The second kappa shape index (κ2) is 11.8. The van der Waals surface area contributed by atoms with Crippen molar-refractivity contribution in [1.29, 1.82) is 0 Å². The van der Waals surface area contributed by atoms with E-state index in [9.17, 15) is 9.90 Å².